The molecule has 2 amide bonds. The second-order valence-electron chi connectivity index (χ2n) is 7.05. The van der Waals surface area contributed by atoms with Crippen LogP contribution in [0.4, 0.5) is 4.79 Å². The third-order valence-electron chi connectivity index (χ3n) is 5.15. The lowest BCUT2D eigenvalue weighted by Crippen LogP contribution is -2.49. The average Bonchev–Trinajstić information content (AvgIpc) is 3.35. The summed E-state index contributed by atoms with van der Waals surface area (Å²) in [5.41, 5.74) is 1.26. The molecule has 0 bridgehead atoms. The van der Waals surface area contributed by atoms with Crippen molar-refractivity contribution in [2.75, 3.05) is 13.2 Å². The van der Waals surface area contributed by atoms with Crippen molar-refractivity contribution in [2.45, 2.75) is 43.8 Å². The summed E-state index contributed by atoms with van der Waals surface area (Å²) in [6.07, 6.45) is 7.74. The Morgan fingerprint density at radius 1 is 1.15 bits per heavy atom. The van der Waals surface area contributed by atoms with Gasteiger partial charge in [-0.1, -0.05) is 12.8 Å². The molecule has 27 heavy (non-hydrogen) atoms. The molecule has 1 aliphatic carbocycles. The molecule has 2 aromatic heterocycles. The molecule has 1 saturated carbocycles. The second-order valence-corrected chi connectivity index (χ2v) is 7.05. The van der Waals surface area contributed by atoms with E-state index in [1.165, 1.54) is 10.7 Å². The fourth-order valence-corrected chi connectivity index (χ4v) is 3.72. The molecule has 2 N–H and O–H groups in total. The molecule has 2 atom stereocenters. The molecule has 0 radical (unpaired) electrons. The van der Waals surface area contributed by atoms with Gasteiger partial charge in [0.1, 0.15) is 6.04 Å². The lowest BCUT2D eigenvalue weighted by Gasteiger charge is -2.22. The van der Waals surface area contributed by atoms with Gasteiger partial charge in [-0.3, -0.25) is 9.78 Å². The van der Waals surface area contributed by atoms with Gasteiger partial charge >= 0.3 is 6.03 Å². The largest absolute Gasteiger partial charge is 0.377 e. The minimum atomic E-state index is -0.344. The van der Waals surface area contributed by atoms with Crippen LogP contribution in [0.3, 0.4) is 0 Å². The van der Waals surface area contributed by atoms with Crippen LogP contribution in [0.1, 0.15) is 31.7 Å². The Hall–Kier alpha value is -2.74. The van der Waals surface area contributed by atoms with E-state index in [4.69, 9.17) is 4.74 Å². The smallest absolute Gasteiger partial charge is 0.315 e. The van der Waals surface area contributed by atoms with Gasteiger partial charge in [0, 0.05) is 30.1 Å². The van der Waals surface area contributed by atoms with E-state index in [-0.39, 0.29) is 29.7 Å². The van der Waals surface area contributed by atoms with Crippen LogP contribution < -0.4 is 16.2 Å². The maximum absolute atomic E-state index is 12.4. The Bertz CT molecular complexity index is 848. The predicted molar refractivity (Wildman–Crippen MR) is 99.3 cm³/mol. The third-order valence-corrected chi connectivity index (χ3v) is 5.15. The second kappa shape index (κ2) is 7.87. The summed E-state index contributed by atoms with van der Waals surface area (Å²) in [5.74, 6) is 0. The van der Waals surface area contributed by atoms with E-state index in [1.54, 1.807) is 18.5 Å². The molecule has 2 aromatic rings. The fourth-order valence-electron chi connectivity index (χ4n) is 3.72. The molecule has 0 aromatic carbocycles. The number of hydrogen-bond donors (Lipinski definition) is 2. The summed E-state index contributed by atoms with van der Waals surface area (Å²) in [6, 6.07) is 6.26. The molecular formula is C19H23N5O3. The number of rotatable bonds is 4. The minimum Gasteiger partial charge on any atom is -0.377 e. The van der Waals surface area contributed by atoms with Crippen LogP contribution in [-0.2, 0) is 4.74 Å². The van der Waals surface area contributed by atoms with E-state index in [0.29, 0.717) is 18.9 Å². The standard InChI is InChI=1S/C19H23N5O3/c25-18-8-7-15(13-4-3-9-20-10-13)23-24(18)17-12-27-11-16(17)22-19(26)21-14-5-1-2-6-14/h3-4,7-10,14,16-17H,1-2,5-6,11-12H2,(H2,21,22,26). The van der Waals surface area contributed by atoms with E-state index in [2.05, 4.69) is 20.7 Å². The molecule has 8 heteroatoms. The van der Waals surface area contributed by atoms with Crippen LogP contribution in [0.2, 0.25) is 0 Å². The van der Waals surface area contributed by atoms with Gasteiger partial charge in [0.25, 0.3) is 5.56 Å². The van der Waals surface area contributed by atoms with Gasteiger partial charge in [-0.05, 0) is 31.0 Å². The molecule has 8 nitrogen and oxygen atoms in total. The Balaban J connectivity index is 1.51. The van der Waals surface area contributed by atoms with Gasteiger partial charge in [-0.2, -0.15) is 5.10 Å². The van der Waals surface area contributed by atoms with E-state index < -0.39 is 0 Å². The number of nitrogens with one attached hydrogen (secondary N) is 2. The Labute approximate surface area is 156 Å². The highest BCUT2D eigenvalue weighted by Gasteiger charge is 2.33. The number of aromatic nitrogens is 3. The van der Waals surface area contributed by atoms with E-state index >= 15 is 0 Å². The molecule has 2 fully saturated rings. The number of amides is 2. The van der Waals surface area contributed by atoms with Gasteiger partial charge < -0.3 is 15.4 Å². The van der Waals surface area contributed by atoms with Crippen molar-refractivity contribution in [1.82, 2.24) is 25.4 Å². The van der Waals surface area contributed by atoms with Crippen molar-refractivity contribution in [3.63, 3.8) is 0 Å². The van der Waals surface area contributed by atoms with Gasteiger partial charge in [0.2, 0.25) is 0 Å². The monoisotopic (exact) mass is 369 g/mol. The fraction of sp³-hybridized carbons (Fsp3) is 0.474. The zero-order valence-corrected chi connectivity index (χ0v) is 15.0. The van der Waals surface area contributed by atoms with Gasteiger partial charge in [0.05, 0.1) is 24.9 Å². The Morgan fingerprint density at radius 3 is 2.78 bits per heavy atom. The van der Waals surface area contributed by atoms with E-state index in [0.717, 1.165) is 31.2 Å². The molecule has 4 rings (SSSR count). The highest BCUT2D eigenvalue weighted by Crippen LogP contribution is 2.21. The number of hydrogen-bond acceptors (Lipinski definition) is 5. The number of carbonyl (C=O) groups excluding carboxylic acids is 1. The highest BCUT2D eigenvalue weighted by atomic mass is 16.5. The van der Waals surface area contributed by atoms with Crippen molar-refractivity contribution in [3.05, 3.63) is 47.0 Å². The van der Waals surface area contributed by atoms with Crippen molar-refractivity contribution in [3.8, 4) is 11.3 Å². The summed E-state index contributed by atoms with van der Waals surface area (Å²) in [7, 11) is 0. The third kappa shape index (κ3) is 4.00. The number of urea groups is 1. The topological polar surface area (TPSA) is 98.1 Å². The summed E-state index contributed by atoms with van der Waals surface area (Å²) in [4.78, 5) is 28.8. The zero-order chi connectivity index (χ0) is 18.6. The quantitative estimate of drug-likeness (QED) is 0.851. The normalized spacial score (nSPS) is 22.7. The number of carbonyl (C=O) groups is 1. The summed E-state index contributed by atoms with van der Waals surface area (Å²) in [5, 5.41) is 10.5. The van der Waals surface area contributed by atoms with Crippen molar-refractivity contribution >= 4 is 6.03 Å². The summed E-state index contributed by atoms with van der Waals surface area (Å²) in [6.45, 7) is 0.686. The molecule has 142 valence electrons. The molecule has 2 unspecified atom stereocenters. The maximum Gasteiger partial charge on any atom is 0.315 e. The molecule has 2 aliphatic rings. The summed E-state index contributed by atoms with van der Waals surface area (Å²) < 4.78 is 6.95. The van der Waals surface area contributed by atoms with Crippen LogP contribution in [-0.4, -0.2) is 46.1 Å². The van der Waals surface area contributed by atoms with E-state index in [1.807, 2.05) is 12.1 Å². The van der Waals surface area contributed by atoms with Crippen molar-refractivity contribution in [2.24, 2.45) is 0 Å². The first-order chi connectivity index (χ1) is 13.2. The molecule has 1 aliphatic heterocycles. The SMILES string of the molecule is O=C(NC1CCCC1)NC1COCC1n1nc(-c2cccnc2)ccc1=O. The first-order valence-corrected chi connectivity index (χ1v) is 9.36. The van der Waals surface area contributed by atoms with Crippen LogP contribution in [0, 0.1) is 0 Å². The van der Waals surface area contributed by atoms with Crippen LogP contribution >= 0.6 is 0 Å². The van der Waals surface area contributed by atoms with Crippen molar-refractivity contribution < 1.29 is 9.53 Å². The minimum absolute atomic E-state index is 0.209. The van der Waals surface area contributed by atoms with Crippen LogP contribution in [0.15, 0.2) is 41.5 Å². The molecular weight excluding hydrogens is 346 g/mol. The van der Waals surface area contributed by atoms with Crippen LogP contribution in [0.5, 0.6) is 0 Å². The zero-order valence-electron chi connectivity index (χ0n) is 15.0. The molecule has 0 spiro atoms. The van der Waals surface area contributed by atoms with Crippen molar-refractivity contribution in [1.29, 1.82) is 0 Å². The van der Waals surface area contributed by atoms with Gasteiger partial charge in [0.15, 0.2) is 0 Å². The van der Waals surface area contributed by atoms with Gasteiger partial charge in [-0.15, -0.1) is 0 Å². The molecule has 3 heterocycles. The van der Waals surface area contributed by atoms with Crippen LogP contribution in [0.25, 0.3) is 11.3 Å². The average molecular weight is 369 g/mol. The molecule has 1 saturated heterocycles. The number of ether oxygens (including phenoxy) is 1. The lowest BCUT2D eigenvalue weighted by molar-refractivity contribution is 0.180. The first-order valence-electron chi connectivity index (χ1n) is 9.36. The predicted octanol–water partition coefficient (Wildman–Crippen LogP) is 1.49. The maximum atomic E-state index is 12.4. The number of nitrogens with zero attached hydrogens (tertiary/aromatic N) is 3. The summed E-state index contributed by atoms with van der Waals surface area (Å²) >= 11 is 0. The van der Waals surface area contributed by atoms with Gasteiger partial charge in [-0.25, -0.2) is 9.48 Å². The Morgan fingerprint density at radius 2 is 2.00 bits per heavy atom. The highest BCUT2D eigenvalue weighted by molar-refractivity contribution is 5.74. The van der Waals surface area contributed by atoms with E-state index in [9.17, 15) is 9.59 Å². The Kier molecular flexibility index (Phi) is 5.15. The lowest BCUT2D eigenvalue weighted by atomic mass is 10.1. The first kappa shape index (κ1) is 17.7. The number of pyridine rings is 1.